The molecule has 0 heterocycles. The molecule has 17 heavy (non-hydrogen) atoms. The van der Waals surface area contributed by atoms with E-state index in [1.807, 2.05) is 0 Å². The predicted octanol–water partition coefficient (Wildman–Crippen LogP) is 0.299. The number of nitrogens with one attached hydrogen (secondary N) is 1. The number of carboxylic acids is 1. The maximum absolute atomic E-state index is 11.5. The Balaban J connectivity index is 4.19. The van der Waals surface area contributed by atoms with E-state index in [1.54, 1.807) is 20.8 Å². The average molecular weight is 267 g/mol. The van der Waals surface area contributed by atoms with E-state index in [-0.39, 0.29) is 24.8 Å². The third kappa shape index (κ3) is 7.30. The standard InChI is InChI=1S/C10H21NO5S/c1-4-16-5-6-17(14,15)11-7-9(8(2)3)10(12)13/h8-9,11H,4-7H2,1-3H3,(H,12,13). The van der Waals surface area contributed by atoms with Crippen LogP contribution in [-0.4, -0.2) is 45.0 Å². The Hall–Kier alpha value is -0.660. The van der Waals surface area contributed by atoms with Gasteiger partial charge in [0.05, 0.1) is 18.3 Å². The maximum Gasteiger partial charge on any atom is 0.308 e. The Labute approximate surface area is 102 Å². The van der Waals surface area contributed by atoms with Crippen molar-refractivity contribution in [3.8, 4) is 0 Å². The molecule has 0 amide bonds. The van der Waals surface area contributed by atoms with Crippen LogP contribution in [0.15, 0.2) is 0 Å². The lowest BCUT2D eigenvalue weighted by Crippen LogP contribution is -2.37. The van der Waals surface area contributed by atoms with E-state index in [0.717, 1.165) is 0 Å². The zero-order chi connectivity index (χ0) is 13.5. The van der Waals surface area contributed by atoms with Crippen molar-refractivity contribution >= 4 is 16.0 Å². The number of hydrogen-bond donors (Lipinski definition) is 2. The van der Waals surface area contributed by atoms with Crippen molar-refractivity contribution in [3.05, 3.63) is 0 Å². The zero-order valence-electron chi connectivity index (χ0n) is 10.5. The molecule has 0 spiro atoms. The minimum Gasteiger partial charge on any atom is -0.481 e. The van der Waals surface area contributed by atoms with Crippen molar-refractivity contribution in [3.63, 3.8) is 0 Å². The Morgan fingerprint density at radius 2 is 2.00 bits per heavy atom. The van der Waals surface area contributed by atoms with Crippen molar-refractivity contribution in [1.82, 2.24) is 4.72 Å². The monoisotopic (exact) mass is 267 g/mol. The molecule has 0 aliphatic carbocycles. The van der Waals surface area contributed by atoms with Crippen LogP contribution >= 0.6 is 0 Å². The van der Waals surface area contributed by atoms with Gasteiger partial charge < -0.3 is 9.84 Å². The van der Waals surface area contributed by atoms with Gasteiger partial charge in [-0.3, -0.25) is 4.79 Å². The molecule has 0 saturated heterocycles. The van der Waals surface area contributed by atoms with Crippen LogP contribution in [0, 0.1) is 11.8 Å². The summed E-state index contributed by atoms with van der Waals surface area (Å²) in [7, 11) is -3.45. The van der Waals surface area contributed by atoms with E-state index in [4.69, 9.17) is 9.84 Å². The third-order valence-electron chi connectivity index (χ3n) is 2.35. The molecule has 2 N–H and O–H groups in total. The van der Waals surface area contributed by atoms with Gasteiger partial charge >= 0.3 is 5.97 Å². The largest absolute Gasteiger partial charge is 0.481 e. The SMILES string of the molecule is CCOCCS(=O)(=O)NCC(C(=O)O)C(C)C. The van der Waals surface area contributed by atoms with Crippen molar-refractivity contribution in [2.24, 2.45) is 11.8 Å². The van der Waals surface area contributed by atoms with E-state index in [2.05, 4.69) is 4.72 Å². The summed E-state index contributed by atoms with van der Waals surface area (Å²) in [5, 5.41) is 8.90. The predicted molar refractivity (Wildman–Crippen MR) is 64.2 cm³/mol. The second-order valence-corrected chi connectivity index (χ2v) is 5.98. The highest BCUT2D eigenvalue weighted by Crippen LogP contribution is 2.10. The van der Waals surface area contributed by atoms with Crippen LogP contribution in [0.3, 0.4) is 0 Å². The van der Waals surface area contributed by atoms with Crippen LogP contribution in [0.5, 0.6) is 0 Å². The highest BCUT2D eigenvalue weighted by atomic mass is 32.2. The van der Waals surface area contributed by atoms with Crippen LogP contribution in [-0.2, 0) is 19.6 Å². The van der Waals surface area contributed by atoms with Gasteiger partial charge in [-0.2, -0.15) is 0 Å². The maximum atomic E-state index is 11.5. The van der Waals surface area contributed by atoms with Gasteiger partial charge in [-0.25, -0.2) is 13.1 Å². The fourth-order valence-corrected chi connectivity index (χ4v) is 2.13. The van der Waals surface area contributed by atoms with Crippen molar-refractivity contribution in [2.45, 2.75) is 20.8 Å². The summed E-state index contributed by atoms with van der Waals surface area (Å²) in [6, 6.07) is 0. The van der Waals surface area contributed by atoms with Crippen LogP contribution in [0.1, 0.15) is 20.8 Å². The fourth-order valence-electron chi connectivity index (χ4n) is 1.21. The van der Waals surface area contributed by atoms with Gasteiger partial charge in [0.25, 0.3) is 0 Å². The van der Waals surface area contributed by atoms with Crippen LogP contribution in [0.4, 0.5) is 0 Å². The summed E-state index contributed by atoms with van der Waals surface area (Å²) in [6.45, 7) is 5.76. The second kappa shape index (κ2) is 7.62. The minimum absolute atomic E-state index is 0.0819. The molecular formula is C10H21NO5S. The lowest BCUT2D eigenvalue weighted by Gasteiger charge is -2.16. The van der Waals surface area contributed by atoms with Crippen LogP contribution in [0.25, 0.3) is 0 Å². The molecule has 102 valence electrons. The lowest BCUT2D eigenvalue weighted by atomic mass is 9.97. The Morgan fingerprint density at radius 1 is 1.41 bits per heavy atom. The Kier molecular flexibility index (Phi) is 7.33. The first-order valence-corrected chi connectivity index (χ1v) is 7.23. The van der Waals surface area contributed by atoms with Gasteiger partial charge in [0.2, 0.25) is 10.0 Å². The molecule has 7 heteroatoms. The summed E-state index contributed by atoms with van der Waals surface area (Å²) in [5.74, 6) is -1.97. The van der Waals surface area contributed by atoms with Crippen LogP contribution in [0.2, 0.25) is 0 Å². The molecule has 0 saturated carbocycles. The first-order valence-electron chi connectivity index (χ1n) is 5.58. The summed E-state index contributed by atoms with van der Waals surface area (Å²) >= 11 is 0. The second-order valence-electron chi connectivity index (χ2n) is 4.05. The summed E-state index contributed by atoms with van der Waals surface area (Å²) in [4.78, 5) is 10.9. The van der Waals surface area contributed by atoms with Gasteiger partial charge in [0.1, 0.15) is 0 Å². The number of carbonyl (C=O) groups is 1. The summed E-state index contributed by atoms with van der Waals surface area (Å²) in [5.41, 5.74) is 0. The number of rotatable bonds is 9. The third-order valence-corrected chi connectivity index (χ3v) is 3.66. The first kappa shape index (κ1) is 16.3. The molecule has 0 rings (SSSR count). The Morgan fingerprint density at radius 3 is 2.41 bits per heavy atom. The normalized spacial score (nSPS) is 13.9. The number of aliphatic carboxylic acids is 1. The highest BCUT2D eigenvalue weighted by Gasteiger charge is 2.23. The smallest absolute Gasteiger partial charge is 0.308 e. The summed E-state index contributed by atoms with van der Waals surface area (Å²) < 4.78 is 30.2. The number of sulfonamides is 1. The van der Waals surface area contributed by atoms with E-state index < -0.39 is 21.9 Å². The van der Waals surface area contributed by atoms with Gasteiger partial charge in [-0.05, 0) is 12.8 Å². The van der Waals surface area contributed by atoms with Crippen LogP contribution < -0.4 is 4.72 Å². The van der Waals surface area contributed by atoms with Gasteiger partial charge in [-0.1, -0.05) is 13.8 Å². The number of ether oxygens (including phenoxy) is 1. The molecule has 0 aromatic heterocycles. The van der Waals surface area contributed by atoms with E-state index >= 15 is 0 Å². The van der Waals surface area contributed by atoms with Gasteiger partial charge in [0.15, 0.2) is 0 Å². The quantitative estimate of drug-likeness (QED) is 0.586. The van der Waals surface area contributed by atoms with E-state index in [0.29, 0.717) is 6.61 Å². The Bertz CT molecular complexity index is 326. The first-order chi connectivity index (χ1) is 7.80. The van der Waals surface area contributed by atoms with Gasteiger partial charge in [-0.15, -0.1) is 0 Å². The molecule has 0 aliphatic rings. The summed E-state index contributed by atoms with van der Waals surface area (Å²) in [6.07, 6.45) is 0. The molecule has 0 radical (unpaired) electrons. The molecular weight excluding hydrogens is 246 g/mol. The number of carboxylic acid groups (broad SMARTS) is 1. The molecule has 1 unspecified atom stereocenters. The lowest BCUT2D eigenvalue weighted by molar-refractivity contribution is -0.142. The molecule has 1 atom stereocenters. The molecule has 0 fully saturated rings. The zero-order valence-corrected chi connectivity index (χ0v) is 11.3. The van der Waals surface area contributed by atoms with E-state index in [9.17, 15) is 13.2 Å². The van der Waals surface area contributed by atoms with Gasteiger partial charge in [0, 0.05) is 13.2 Å². The minimum atomic E-state index is -3.45. The van der Waals surface area contributed by atoms with E-state index in [1.165, 1.54) is 0 Å². The molecule has 0 aliphatic heterocycles. The molecule has 0 aromatic carbocycles. The van der Waals surface area contributed by atoms with Crippen molar-refractivity contribution in [1.29, 1.82) is 0 Å². The average Bonchev–Trinajstić information content (AvgIpc) is 2.16. The van der Waals surface area contributed by atoms with Crippen molar-refractivity contribution < 1.29 is 23.1 Å². The fraction of sp³-hybridized carbons (Fsp3) is 0.900. The highest BCUT2D eigenvalue weighted by molar-refractivity contribution is 7.89. The number of hydrogen-bond acceptors (Lipinski definition) is 4. The topological polar surface area (TPSA) is 92.7 Å². The molecule has 0 bridgehead atoms. The molecule has 6 nitrogen and oxygen atoms in total. The molecule has 0 aromatic rings. The van der Waals surface area contributed by atoms with Crippen molar-refractivity contribution in [2.75, 3.05) is 25.5 Å².